The Morgan fingerprint density at radius 3 is 2.38 bits per heavy atom. The van der Waals surface area contributed by atoms with Crippen molar-refractivity contribution in [1.82, 2.24) is 0 Å². The number of fused-ring (bicyclic) bond motifs is 1. The highest BCUT2D eigenvalue weighted by Crippen LogP contribution is 2.37. The molecule has 0 saturated carbocycles. The Hall–Kier alpha value is -0.763. The van der Waals surface area contributed by atoms with Gasteiger partial charge < -0.3 is 4.43 Å². The van der Waals surface area contributed by atoms with Gasteiger partial charge in [-0.1, -0.05) is 12.1 Å². The monoisotopic (exact) mass is 192 g/mol. The van der Waals surface area contributed by atoms with Gasteiger partial charge in [0.2, 0.25) is 8.32 Å². The van der Waals surface area contributed by atoms with Crippen molar-refractivity contribution in [1.29, 1.82) is 0 Å². The van der Waals surface area contributed by atoms with Crippen LogP contribution in [0.15, 0.2) is 12.1 Å². The van der Waals surface area contributed by atoms with E-state index in [1.54, 1.807) is 0 Å². The number of benzene rings is 1. The van der Waals surface area contributed by atoms with Crippen LogP contribution in [0.5, 0.6) is 5.75 Å². The second kappa shape index (κ2) is 2.61. The number of hydrogen-bond acceptors (Lipinski definition) is 1. The summed E-state index contributed by atoms with van der Waals surface area (Å²) in [6.07, 6.45) is 0. The molecule has 2 rings (SSSR count). The van der Waals surface area contributed by atoms with Gasteiger partial charge in [0.25, 0.3) is 0 Å². The van der Waals surface area contributed by atoms with Gasteiger partial charge in [0, 0.05) is 6.04 Å². The summed E-state index contributed by atoms with van der Waals surface area (Å²) in [7, 11) is -1.41. The SMILES string of the molecule is Cc1ccc(C)c2c1C[Si](C)(C)O2. The predicted molar refractivity (Wildman–Crippen MR) is 57.7 cm³/mol. The summed E-state index contributed by atoms with van der Waals surface area (Å²) in [6.45, 7) is 8.88. The zero-order chi connectivity index (χ0) is 9.64. The van der Waals surface area contributed by atoms with Gasteiger partial charge in [0.1, 0.15) is 5.75 Å². The maximum Gasteiger partial charge on any atom is 0.249 e. The summed E-state index contributed by atoms with van der Waals surface area (Å²) >= 11 is 0. The lowest BCUT2D eigenvalue weighted by molar-refractivity contribution is 0.568. The summed E-state index contributed by atoms with van der Waals surface area (Å²) in [5.74, 6) is 1.18. The third-order valence-corrected chi connectivity index (χ3v) is 4.63. The maximum absolute atomic E-state index is 6.04. The minimum Gasteiger partial charge on any atom is -0.543 e. The van der Waals surface area contributed by atoms with Crippen LogP contribution >= 0.6 is 0 Å². The molecule has 0 atom stereocenters. The molecule has 1 aromatic carbocycles. The van der Waals surface area contributed by atoms with Crippen molar-refractivity contribution in [3.63, 3.8) is 0 Å². The lowest BCUT2D eigenvalue weighted by Crippen LogP contribution is -2.32. The van der Waals surface area contributed by atoms with Gasteiger partial charge in [-0.05, 0) is 43.6 Å². The molecule has 0 spiro atoms. The van der Waals surface area contributed by atoms with Crippen molar-refractivity contribution in [2.75, 3.05) is 0 Å². The van der Waals surface area contributed by atoms with Crippen LogP contribution in [0.2, 0.25) is 13.1 Å². The van der Waals surface area contributed by atoms with Crippen LogP contribution in [0.3, 0.4) is 0 Å². The van der Waals surface area contributed by atoms with Gasteiger partial charge in [0.05, 0.1) is 0 Å². The molecule has 0 unspecified atom stereocenters. The first-order chi connectivity index (χ1) is 5.99. The van der Waals surface area contributed by atoms with E-state index in [-0.39, 0.29) is 0 Å². The van der Waals surface area contributed by atoms with Gasteiger partial charge in [-0.25, -0.2) is 0 Å². The third-order valence-electron chi connectivity index (χ3n) is 2.67. The highest BCUT2D eigenvalue weighted by Gasteiger charge is 2.34. The van der Waals surface area contributed by atoms with Crippen molar-refractivity contribution in [3.8, 4) is 5.75 Å². The molecule has 2 heteroatoms. The van der Waals surface area contributed by atoms with Crippen molar-refractivity contribution >= 4 is 8.32 Å². The highest BCUT2D eigenvalue weighted by atomic mass is 28.4. The summed E-state index contributed by atoms with van der Waals surface area (Å²) < 4.78 is 6.04. The Balaban J connectivity index is 2.56. The van der Waals surface area contributed by atoms with Crippen LogP contribution in [0, 0.1) is 13.8 Å². The summed E-state index contributed by atoms with van der Waals surface area (Å²) in [5.41, 5.74) is 4.13. The molecule has 0 saturated heterocycles. The minimum absolute atomic E-state index is 1.18. The maximum atomic E-state index is 6.04. The van der Waals surface area contributed by atoms with Crippen LogP contribution in [-0.4, -0.2) is 8.32 Å². The van der Waals surface area contributed by atoms with E-state index in [0.29, 0.717) is 0 Å². The molecule has 0 amide bonds. The van der Waals surface area contributed by atoms with Crippen molar-refractivity contribution in [2.45, 2.75) is 33.0 Å². The largest absolute Gasteiger partial charge is 0.543 e. The Bertz CT molecular complexity index is 322. The molecule has 0 aliphatic carbocycles. The van der Waals surface area contributed by atoms with Gasteiger partial charge in [-0.3, -0.25) is 0 Å². The number of aryl methyl sites for hydroxylation is 2. The Kier molecular flexibility index (Phi) is 1.77. The molecule has 0 radical (unpaired) electrons. The molecule has 0 bridgehead atoms. The molecule has 0 fully saturated rings. The van der Waals surface area contributed by atoms with E-state index in [1.807, 2.05) is 0 Å². The van der Waals surface area contributed by atoms with Gasteiger partial charge in [-0.15, -0.1) is 0 Å². The van der Waals surface area contributed by atoms with E-state index in [9.17, 15) is 0 Å². The molecule has 0 N–H and O–H groups in total. The Morgan fingerprint density at radius 2 is 1.77 bits per heavy atom. The van der Waals surface area contributed by atoms with E-state index in [4.69, 9.17) is 4.43 Å². The fraction of sp³-hybridized carbons (Fsp3) is 0.455. The number of hydrogen-bond donors (Lipinski definition) is 0. The molecular weight excluding hydrogens is 176 g/mol. The first-order valence-electron chi connectivity index (χ1n) is 4.78. The standard InChI is InChI=1S/C11H16OSi/c1-8-5-6-9(2)11-10(8)7-13(3,4)12-11/h5-6H,7H2,1-4H3. The second-order valence-electron chi connectivity index (χ2n) is 4.55. The molecule has 1 heterocycles. The van der Waals surface area contributed by atoms with E-state index >= 15 is 0 Å². The zero-order valence-electron chi connectivity index (χ0n) is 8.77. The molecule has 1 aromatic rings. The van der Waals surface area contributed by atoms with Crippen molar-refractivity contribution < 1.29 is 4.43 Å². The van der Waals surface area contributed by atoms with E-state index < -0.39 is 8.32 Å². The van der Waals surface area contributed by atoms with Crippen molar-refractivity contribution in [2.24, 2.45) is 0 Å². The van der Waals surface area contributed by atoms with Crippen LogP contribution in [0.25, 0.3) is 0 Å². The predicted octanol–water partition coefficient (Wildman–Crippen LogP) is 2.98. The normalized spacial score (nSPS) is 18.2. The molecule has 70 valence electrons. The summed E-state index contributed by atoms with van der Waals surface area (Å²) in [4.78, 5) is 0. The minimum atomic E-state index is -1.41. The molecule has 1 aliphatic rings. The van der Waals surface area contributed by atoms with E-state index in [0.717, 1.165) is 0 Å². The van der Waals surface area contributed by atoms with Gasteiger partial charge in [0.15, 0.2) is 0 Å². The van der Waals surface area contributed by atoms with Gasteiger partial charge >= 0.3 is 0 Å². The lowest BCUT2D eigenvalue weighted by Gasteiger charge is -2.14. The molecule has 1 aliphatic heterocycles. The average Bonchev–Trinajstić information content (AvgIpc) is 2.35. The first-order valence-corrected chi connectivity index (χ1v) is 7.89. The fourth-order valence-electron chi connectivity index (χ4n) is 1.94. The fourth-order valence-corrected chi connectivity index (χ4v) is 4.14. The van der Waals surface area contributed by atoms with Crippen LogP contribution in [-0.2, 0) is 6.04 Å². The number of rotatable bonds is 0. The summed E-state index contributed by atoms with van der Waals surface area (Å²) in [6, 6.07) is 5.53. The average molecular weight is 192 g/mol. The second-order valence-corrected chi connectivity index (χ2v) is 8.62. The highest BCUT2D eigenvalue weighted by molar-refractivity contribution is 6.72. The zero-order valence-corrected chi connectivity index (χ0v) is 9.77. The molecule has 1 nitrogen and oxygen atoms in total. The topological polar surface area (TPSA) is 9.23 Å². The van der Waals surface area contributed by atoms with E-state index in [1.165, 1.54) is 28.5 Å². The molecule has 0 aromatic heterocycles. The third kappa shape index (κ3) is 1.39. The van der Waals surface area contributed by atoms with Crippen molar-refractivity contribution in [3.05, 3.63) is 28.8 Å². The van der Waals surface area contributed by atoms with Gasteiger partial charge in [-0.2, -0.15) is 0 Å². The Morgan fingerprint density at radius 1 is 1.15 bits per heavy atom. The van der Waals surface area contributed by atoms with Crippen LogP contribution < -0.4 is 4.43 Å². The first kappa shape index (κ1) is 8.82. The lowest BCUT2D eigenvalue weighted by atomic mass is 10.1. The Labute approximate surface area is 80.9 Å². The van der Waals surface area contributed by atoms with E-state index in [2.05, 4.69) is 39.1 Å². The van der Waals surface area contributed by atoms with Crippen LogP contribution in [0.4, 0.5) is 0 Å². The summed E-state index contributed by atoms with van der Waals surface area (Å²) in [5, 5.41) is 0. The molecular formula is C11H16OSi. The quantitative estimate of drug-likeness (QED) is 0.574. The smallest absolute Gasteiger partial charge is 0.249 e. The van der Waals surface area contributed by atoms with Crippen LogP contribution in [0.1, 0.15) is 16.7 Å². The molecule has 13 heavy (non-hydrogen) atoms.